The summed E-state index contributed by atoms with van der Waals surface area (Å²) < 4.78 is 0.853. The molecule has 1 aromatic heterocycles. The second-order valence-electron chi connectivity index (χ2n) is 4.19. The summed E-state index contributed by atoms with van der Waals surface area (Å²) in [6, 6.07) is 5.48. The number of benzene rings is 1. The molecule has 0 spiro atoms. The number of nitrogens with zero attached hydrogens (tertiary/aromatic N) is 2. The molecule has 0 aliphatic carbocycles. The number of aromatic nitrogens is 1. The van der Waals surface area contributed by atoms with Gasteiger partial charge in [0, 0.05) is 15.4 Å². The van der Waals surface area contributed by atoms with Gasteiger partial charge in [-0.3, -0.25) is 10.1 Å². The topological polar surface area (TPSA) is 74.6 Å². The highest BCUT2D eigenvalue weighted by Gasteiger charge is 2.11. The van der Waals surface area contributed by atoms with E-state index in [1.807, 2.05) is 13.0 Å². The SMILES string of the molecule is C/C(=N/O)c1csc(NC(=O)c2cc(C)cc(Br)c2)n1. The van der Waals surface area contributed by atoms with Crippen molar-refractivity contribution in [2.45, 2.75) is 13.8 Å². The Balaban J connectivity index is 2.17. The van der Waals surface area contributed by atoms with E-state index in [1.54, 1.807) is 24.4 Å². The number of oxime groups is 1. The first-order valence-corrected chi connectivity index (χ1v) is 7.40. The summed E-state index contributed by atoms with van der Waals surface area (Å²) in [5.41, 5.74) is 2.49. The Morgan fingerprint density at radius 1 is 1.45 bits per heavy atom. The smallest absolute Gasteiger partial charge is 0.257 e. The van der Waals surface area contributed by atoms with E-state index < -0.39 is 0 Å². The van der Waals surface area contributed by atoms with Crippen LogP contribution in [0.3, 0.4) is 0 Å². The number of hydrogen-bond acceptors (Lipinski definition) is 5. The van der Waals surface area contributed by atoms with Gasteiger partial charge in [0.2, 0.25) is 0 Å². The van der Waals surface area contributed by atoms with E-state index in [1.165, 1.54) is 11.3 Å². The third kappa shape index (κ3) is 3.43. The largest absolute Gasteiger partial charge is 0.411 e. The lowest BCUT2D eigenvalue weighted by atomic mass is 10.1. The number of thiazole rings is 1. The van der Waals surface area contributed by atoms with Crippen molar-refractivity contribution < 1.29 is 10.0 Å². The zero-order valence-electron chi connectivity index (χ0n) is 10.8. The lowest BCUT2D eigenvalue weighted by Gasteiger charge is -2.04. The van der Waals surface area contributed by atoms with E-state index >= 15 is 0 Å². The van der Waals surface area contributed by atoms with Gasteiger partial charge < -0.3 is 5.21 Å². The molecule has 2 N–H and O–H groups in total. The lowest BCUT2D eigenvalue weighted by Crippen LogP contribution is -2.12. The van der Waals surface area contributed by atoms with Gasteiger partial charge in [0.05, 0.1) is 0 Å². The highest BCUT2D eigenvalue weighted by atomic mass is 79.9. The minimum atomic E-state index is -0.228. The van der Waals surface area contributed by atoms with Crippen LogP contribution in [-0.2, 0) is 0 Å². The Morgan fingerprint density at radius 2 is 2.20 bits per heavy atom. The monoisotopic (exact) mass is 353 g/mol. The summed E-state index contributed by atoms with van der Waals surface area (Å²) in [5, 5.41) is 16.7. The molecule has 2 rings (SSSR count). The molecule has 5 nitrogen and oxygen atoms in total. The highest BCUT2D eigenvalue weighted by Crippen LogP contribution is 2.19. The van der Waals surface area contributed by atoms with E-state index in [9.17, 15) is 4.79 Å². The standard InChI is InChI=1S/C13H12BrN3O2S/c1-7-3-9(5-10(14)4-7)12(18)16-13-15-11(6-20-13)8(2)17-19/h3-6,19H,1-2H3,(H,15,16,18)/b17-8-. The third-order valence-electron chi connectivity index (χ3n) is 2.55. The first kappa shape index (κ1) is 14.7. The first-order chi connectivity index (χ1) is 9.49. The molecule has 0 saturated carbocycles. The number of carbonyl (C=O) groups is 1. The predicted molar refractivity (Wildman–Crippen MR) is 82.9 cm³/mol. The van der Waals surface area contributed by atoms with Crippen LogP contribution >= 0.6 is 27.3 Å². The van der Waals surface area contributed by atoms with E-state index in [0.29, 0.717) is 22.1 Å². The zero-order valence-corrected chi connectivity index (χ0v) is 13.2. The van der Waals surface area contributed by atoms with Gasteiger partial charge in [0.1, 0.15) is 11.4 Å². The Hall–Kier alpha value is -1.73. The fourth-order valence-electron chi connectivity index (χ4n) is 1.59. The van der Waals surface area contributed by atoms with E-state index in [2.05, 4.69) is 31.4 Å². The summed E-state index contributed by atoms with van der Waals surface area (Å²) in [6.45, 7) is 3.56. The normalized spacial score (nSPS) is 11.4. The van der Waals surface area contributed by atoms with Crippen molar-refractivity contribution in [3.8, 4) is 0 Å². The molecule has 0 bridgehead atoms. The molecule has 1 heterocycles. The van der Waals surface area contributed by atoms with Crippen molar-refractivity contribution in [1.82, 2.24) is 4.98 Å². The van der Waals surface area contributed by atoms with Crippen LogP contribution in [0.15, 0.2) is 33.2 Å². The average Bonchev–Trinajstić information content (AvgIpc) is 2.85. The van der Waals surface area contributed by atoms with Crippen molar-refractivity contribution in [3.63, 3.8) is 0 Å². The molecule has 1 aromatic carbocycles. The molecule has 0 atom stereocenters. The Morgan fingerprint density at radius 3 is 2.85 bits per heavy atom. The van der Waals surface area contributed by atoms with Gasteiger partial charge in [-0.1, -0.05) is 21.1 Å². The average molecular weight is 354 g/mol. The lowest BCUT2D eigenvalue weighted by molar-refractivity contribution is 0.102. The van der Waals surface area contributed by atoms with Crippen LogP contribution in [0.1, 0.15) is 28.5 Å². The van der Waals surface area contributed by atoms with Gasteiger partial charge in [0.25, 0.3) is 5.91 Å². The quantitative estimate of drug-likeness (QED) is 0.502. The molecule has 20 heavy (non-hydrogen) atoms. The van der Waals surface area contributed by atoms with Crippen LogP contribution in [0.4, 0.5) is 5.13 Å². The molecular weight excluding hydrogens is 342 g/mol. The highest BCUT2D eigenvalue weighted by molar-refractivity contribution is 9.10. The van der Waals surface area contributed by atoms with Crippen LogP contribution in [0.5, 0.6) is 0 Å². The molecule has 1 amide bonds. The maximum atomic E-state index is 12.1. The maximum absolute atomic E-state index is 12.1. The Labute approximate surface area is 128 Å². The summed E-state index contributed by atoms with van der Waals surface area (Å²) in [4.78, 5) is 16.3. The number of aryl methyl sites for hydroxylation is 1. The number of anilines is 1. The van der Waals surface area contributed by atoms with Gasteiger partial charge in [0.15, 0.2) is 5.13 Å². The number of nitrogens with one attached hydrogen (secondary N) is 1. The summed E-state index contributed by atoms with van der Waals surface area (Å²) in [5.74, 6) is -0.228. The molecule has 0 aliphatic rings. The second-order valence-corrected chi connectivity index (χ2v) is 5.97. The van der Waals surface area contributed by atoms with Crippen molar-refractivity contribution in [2.75, 3.05) is 5.32 Å². The summed E-state index contributed by atoms with van der Waals surface area (Å²) >= 11 is 4.64. The van der Waals surface area contributed by atoms with Crippen LogP contribution in [0.25, 0.3) is 0 Å². The molecule has 2 aromatic rings. The second kappa shape index (κ2) is 6.15. The van der Waals surface area contributed by atoms with Crippen LogP contribution in [-0.4, -0.2) is 21.8 Å². The zero-order chi connectivity index (χ0) is 14.7. The van der Waals surface area contributed by atoms with Crippen molar-refractivity contribution in [3.05, 3.63) is 44.9 Å². The number of hydrogen-bond donors (Lipinski definition) is 2. The molecule has 0 aliphatic heterocycles. The molecule has 104 valence electrons. The van der Waals surface area contributed by atoms with Gasteiger partial charge in [-0.05, 0) is 37.6 Å². The predicted octanol–water partition coefficient (Wildman–Crippen LogP) is 3.66. The summed E-state index contributed by atoms with van der Waals surface area (Å²) in [7, 11) is 0. The number of amides is 1. The van der Waals surface area contributed by atoms with Crippen LogP contribution in [0.2, 0.25) is 0 Å². The summed E-state index contributed by atoms with van der Waals surface area (Å²) in [6.07, 6.45) is 0. The molecule has 0 saturated heterocycles. The fraction of sp³-hybridized carbons (Fsp3) is 0.154. The minimum Gasteiger partial charge on any atom is -0.411 e. The molecule has 0 radical (unpaired) electrons. The van der Waals surface area contributed by atoms with Crippen molar-refractivity contribution in [1.29, 1.82) is 0 Å². The third-order valence-corrected chi connectivity index (χ3v) is 3.77. The number of carbonyl (C=O) groups excluding carboxylic acids is 1. The molecule has 0 unspecified atom stereocenters. The first-order valence-electron chi connectivity index (χ1n) is 5.72. The van der Waals surface area contributed by atoms with Crippen molar-refractivity contribution >= 4 is 44.0 Å². The van der Waals surface area contributed by atoms with E-state index in [4.69, 9.17) is 5.21 Å². The molecule has 0 fully saturated rings. The fourth-order valence-corrected chi connectivity index (χ4v) is 2.94. The van der Waals surface area contributed by atoms with Gasteiger partial charge in [-0.25, -0.2) is 4.98 Å². The van der Waals surface area contributed by atoms with Gasteiger partial charge in [-0.2, -0.15) is 0 Å². The van der Waals surface area contributed by atoms with E-state index in [-0.39, 0.29) is 5.91 Å². The maximum Gasteiger partial charge on any atom is 0.257 e. The molecule has 7 heteroatoms. The number of rotatable bonds is 3. The van der Waals surface area contributed by atoms with Crippen LogP contribution in [0, 0.1) is 6.92 Å². The van der Waals surface area contributed by atoms with Crippen LogP contribution < -0.4 is 5.32 Å². The Bertz CT molecular complexity index is 662. The van der Waals surface area contributed by atoms with Gasteiger partial charge in [-0.15, -0.1) is 11.3 Å². The Kier molecular flexibility index (Phi) is 4.51. The van der Waals surface area contributed by atoms with E-state index in [0.717, 1.165) is 10.0 Å². The molecular formula is C13H12BrN3O2S. The van der Waals surface area contributed by atoms with Gasteiger partial charge >= 0.3 is 0 Å². The number of halogens is 1. The van der Waals surface area contributed by atoms with Crippen molar-refractivity contribution in [2.24, 2.45) is 5.16 Å². The minimum absolute atomic E-state index is 0.228.